The van der Waals surface area contributed by atoms with Gasteiger partial charge < -0.3 is 10.4 Å². The Morgan fingerprint density at radius 2 is 1.81 bits per heavy atom. The van der Waals surface area contributed by atoms with E-state index in [4.69, 9.17) is 0 Å². The molecule has 2 aromatic rings. The van der Waals surface area contributed by atoms with Crippen molar-refractivity contribution in [3.05, 3.63) is 62.7 Å². The van der Waals surface area contributed by atoms with Crippen molar-refractivity contribution in [1.82, 2.24) is 5.32 Å². The number of carbonyl (C=O) groups is 1. The summed E-state index contributed by atoms with van der Waals surface area (Å²) in [7, 11) is 0. The maximum Gasteiger partial charge on any atom is 0.251 e. The average molecular weight is 403 g/mol. The fourth-order valence-electron chi connectivity index (χ4n) is 1.83. The molecule has 2 N–H and O–H groups in total. The maximum absolute atomic E-state index is 13.0. The first kappa shape index (κ1) is 15.7. The number of rotatable bonds is 4. The minimum atomic E-state index is -0.640. The van der Waals surface area contributed by atoms with Gasteiger partial charge in [-0.3, -0.25) is 4.79 Å². The van der Waals surface area contributed by atoms with Crippen molar-refractivity contribution in [2.45, 2.75) is 6.42 Å². The van der Waals surface area contributed by atoms with E-state index in [1.165, 1.54) is 18.2 Å². The van der Waals surface area contributed by atoms with Gasteiger partial charge >= 0.3 is 0 Å². The van der Waals surface area contributed by atoms with Crippen LogP contribution in [0.4, 0.5) is 8.78 Å². The van der Waals surface area contributed by atoms with Gasteiger partial charge in [0.15, 0.2) is 0 Å². The summed E-state index contributed by atoms with van der Waals surface area (Å²) in [5, 5.41) is 12.2. The van der Waals surface area contributed by atoms with Crippen LogP contribution in [-0.4, -0.2) is 17.6 Å². The predicted octanol–water partition coefficient (Wildman–Crippen LogP) is 3.25. The number of benzene rings is 2. The van der Waals surface area contributed by atoms with Crippen LogP contribution in [0.5, 0.6) is 5.75 Å². The van der Waals surface area contributed by atoms with Crippen LogP contribution in [0, 0.1) is 15.2 Å². The first-order valence-electron chi connectivity index (χ1n) is 6.17. The van der Waals surface area contributed by atoms with E-state index in [-0.39, 0.29) is 18.2 Å². The molecular weight excluding hydrogens is 391 g/mol. The lowest BCUT2D eigenvalue weighted by Gasteiger charge is -2.07. The predicted molar refractivity (Wildman–Crippen MR) is 83.2 cm³/mol. The van der Waals surface area contributed by atoms with Crippen molar-refractivity contribution in [3.8, 4) is 5.75 Å². The van der Waals surface area contributed by atoms with Crippen LogP contribution >= 0.6 is 22.6 Å². The van der Waals surface area contributed by atoms with E-state index in [2.05, 4.69) is 5.32 Å². The minimum Gasteiger partial charge on any atom is -0.507 e. The number of phenols is 1. The van der Waals surface area contributed by atoms with Crippen LogP contribution in [0.3, 0.4) is 0 Å². The normalized spacial score (nSPS) is 10.4. The molecule has 0 aliphatic carbocycles. The zero-order valence-electron chi connectivity index (χ0n) is 10.9. The molecule has 0 aliphatic heterocycles. The number of carbonyl (C=O) groups excluding carboxylic acids is 1. The number of amides is 1. The molecule has 0 unspecified atom stereocenters. The fraction of sp³-hybridized carbons (Fsp3) is 0.133. The molecule has 6 heteroatoms. The van der Waals surface area contributed by atoms with Gasteiger partial charge in [0, 0.05) is 18.2 Å². The number of nitrogens with one attached hydrogen (secondary N) is 1. The second-order valence-corrected chi connectivity index (χ2v) is 5.61. The third kappa shape index (κ3) is 4.38. The highest BCUT2D eigenvalue weighted by Crippen LogP contribution is 2.20. The van der Waals surface area contributed by atoms with Gasteiger partial charge in [-0.1, -0.05) is 0 Å². The Kier molecular flexibility index (Phi) is 5.11. The summed E-state index contributed by atoms with van der Waals surface area (Å²) in [6.45, 7) is 0.245. The van der Waals surface area contributed by atoms with E-state index >= 15 is 0 Å². The first-order chi connectivity index (χ1) is 9.95. The zero-order valence-corrected chi connectivity index (χ0v) is 13.0. The van der Waals surface area contributed by atoms with E-state index < -0.39 is 11.6 Å². The van der Waals surface area contributed by atoms with Crippen LogP contribution in [0.1, 0.15) is 15.9 Å². The lowest BCUT2D eigenvalue weighted by molar-refractivity contribution is 0.0953. The Balaban J connectivity index is 1.93. The average Bonchev–Trinajstić information content (AvgIpc) is 2.40. The lowest BCUT2D eigenvalue weighted by Crippen LogP contribution is -2.25. The summed E-state index contributed by atoms with van der Waals surface area (Å²) in [6.07, 6.45) is 0.316. The molecule has 0 fully saturated rings. The molecule has 0 aliphatic rings. The van der Waals surface area contributed by atoms with E-state index in [1.807, 2.05) is 22.6 Å². The van der Waals surface area contributed by atoms with Gasteiger partial charge in [0.25, 0.3) is 5.91 Å². The monoisotopic (exact) mass is 403 g/mol. The standard InChI is InChI=1S/C15H12F2INO2/c16-11-5-9(6-12(17)8-11)3-4-19-15(21)10-1-2-13(18)14(20)7-10/h1-2,5-8,20H,3-4H2,(H,19,21). The highest BCUT2D eigenvalue weighted by atomic mass is 127. The molecule has 0 bridgehead atoms. The van der Waals surface area contributed by atoms with Crippen LogP contribution in [0.15, 0.2) is 36.4 Å². The number of hydrogen-bond donors (Lipinski definition) is 2. The summed E-state index contributed by atoms with van der Waals surface area (Å²) in [5.74, 6) is -1.59. The second kappa shape index (κ2) is 6.84. The Labute approximate surface area is 134 Å². The second-order valence-electron chi connectivity index (χ2n) is 4.45. The van der Waals surface area contributed by atoms with E-state index in [0.29, 0.717) is 21.1 Å². The van der Waals surface area contributed by atoms with E-state index in [0.717, 1.165) is 6.07 Å². The summed E-state index contributed by atoms with van der Waals surface area (Å²) in [5.41, 5.74) is 0.802. The van der Waals surface area contributed by atoms with Crippen molar-refractivity contribution >= 4 is 28.5 Å². The Morgan fingerprint density at radius 1 is 1.14 bits per heavy atom. The van der Waals surface area contributed by atoms with Crippen LogP contribution in [-0.2, 0) is 6.42 Å². The lowest BCUT2D eigenvalue weighted by atomic mass is 10.1. The number of halogens is 3. The van der Waals surface area contributed by atoms with E-state index in [1.54, 1.807) is 12.1 Å². The zero-order chi connectivity index (χ0) is 15.4. The maximum atomic E-state index is 13.0. The molecule has 2 rings (SSSR count). The Bertz CT molecular complexity index is 656. The molecular formula is C15H12F2INO2. The molecule has 0 aromatic heterocycles. The highest BCUT2D eigenvalue weighted by Gasteiger charge is 2.08. The van der Waals surface area contributed by atoms with Crippen molar-refractivity contribution in [2.24, 2.45) is 0 Å². The van der Waals surface area contributed by atoms with Gasteiger partial charge in [-0.15, -0.1) is 0 Å². The van der Waals surface area contributed by atoms with Gasteiger partial charge in [-0.25, -0.2) is 8.78 Å². The SMILES string of the molecule is O=C(NCCc1cc(F)cc(F)c1)c1ccc(I)c(O)c1. The quantitative estimate of drug-likeness (QED) is 0.771. The summed E-state index contributed by atoms with van der Waals surface area (Å²) < 4.78 is 26.7. The molecule has 0 radical (unpaired) electrons. The van der Waals surface area contributed by atoms with Crippen molar-refractivity contribution in [1.29, 1.82) is 0 Å². The first-order valence-corrected chi connectivity index (χ1v) is 7.25. The van der Waals surface area contributed by atoms with Crippen LogP contribution < -0.4 is 5.32 Å². The molecule has 21 heavy (non-hydrogen) atoms. The number of aromatic hydroxyl groups is 1. The van der Waals surface area contributed by atoms with Gasteiger partial charge in [0.05, 0.1) is 3.57 Å². The van der Waals surface area contributed by atoms with Crippen molar-refractivity contribution < 1.29 is 18.7 Å². The number of phenolic OH excluding ortho intramolecular Hbond substituents is 1. The van der Waals surface area contributed by atoms with Gasteiger partial charge in [-0.05, 0) is 64.9 Å². The third-order valence-electron chi connectivity index (χ3n) is 2.83. The van der Waals surface area contributed by atoms with Gasteiger partial charge in [0.2, 0.25) is 0 Å². The topological polar surface area (TPSA) is 49.3 Å². The molecule has 0 atom stereocenters. The molecule has 0 spiro atoms. The van der Waals surface area contributed by atoms with E-state index in [9.17, 15) is 18.7 Å². The largest absolute Gasteiger partial charge is 0.507 e. The van der Waals surface area contributed by atoms with Crippen molar-refractivity contribution in [2.75, 3.05) is 6.54 Å². The molecule has 0 saturated heterocycles. The van der Waals surface area contributed by atoms with Crippen LogP contribution in [0.25, 0.3) is 0 Å². The summed E-state index contributed by atoms with van der Waals surface area (Å²) >= 11 is 1.95. The smallest absolute Gasteiger partial charge is 0.251 e. The fourth-order valence-corrected chi connectivity index (χ4v) is 2.17. The minimum absolute atomic E-state index is 0.0375. The Hall–Kier alpha value is -1.70. The van der Waals surface area contributed by atoms with Gasteiger partial charge in [0.1, 0.15) is 17.4 Å². The third-order valence-corrected chi connectivity index (χ3v) is 3.74. The molecule has 110 valence electrons. The highest BCUT2D eigenvalue weighted by molar-refractivity contribution is 14.1. The number of hydrogen-bond acceptors (Lipinski definition) is 2. The molecule has 0 heterocycles. The van der Waals surface area contributed by atoms with Crippen LogP contribution in [0.2, 0.25) is 0 Å². The molecule has 1 amide bonds. The van der Waals surface area contributed by atoms with Crippen molar-refractivity contribution in [3.63, 3.8) is 0 Å². The molecule has 0 saturated carbocycles. The molecule has 2 aromatic carbocycles. The Morgan fingerprint density at radius 3 is 2.43 bits per heavy atom. The summed E-state index contributed by atoms with van der Waals surface area (Å²) in [4.78, 5) is 11.9. The summed E-state index contributed by atoms with van der Waals surface area (Å²) in [6, 6.07) is 7.86. The van der Waals surface area contributed by atoms with Gasteiger partial charge in [-0.2, -0.15) is 0 Å². The molecule has 3 nitrogen and oxygen atoms in total.